The normalized spacial score (nSPS) is 12.6. The standard InChI is InChI=1S/C13H9Br2N3S2/c14-8-6-9(19-11(8)15)12-17-18-13(20-12)10(16)7-4-2-1-3-5-7/h1-6,10H,16H2. The average molecular weight is 431 g/mol. The second-order valence-corrected chi connectivity index (χ2v) is 8.30. The van der Waals surface area contributed by atoms with E-state index in [1.165, 1.54) is 11.3 Å². The molecule has 2 aromatic heterocycles. The fourth-order valence-electron chi connectivity index (χ4n) is 1.71. The van der Waals surface area contributed by atoms with Crippen LogP contribution in [0.25, 0.3) is 9.88 Å². The Bertz CT molecular complexity index is 705. The molecular weight excluding hydrogens is 422 g/mol. The maximum Gasteiger partial charge on any atom is 0.157 e. The van der Waals surface area contributed by atoms with E-state index in [4.69, 9.17) is 5.73 Å². The highest BCUT2D eigenvalue weighted by atomic mass is 79.9. The number of halogens is 2. The summed E-state index contributed by atoms with van der Waals surface area (Å²) in [6.45, 7) is 0. The van der Waals surface area contributed by atoms with Crippen LogP contribution in [0.15, 0.2) is 44.7 Å². The van der Waals surface area contributed by atoms with Gasteiger partial charge in [-0.05, 0) is 43.5 Å². The highest BCUT2D eigenvalue weighted by Gasteiger charge is 2.17. The molecule has 0 bridgehead atoms. The summed E-state index contributed by atoms with van der Waals surface area (Å²) in [5, 5.41) is 10.2. The van der Waals surface area contributed by atoms with Gasteiger partial charge < -0.3 is 5.73 Å². The molecule has 0 aliphatic rings. The Balaban J connectivity index is 1.90. The van der Waals surface area contributed by atoms with Gasteiger partial charge in [0.2, 0.25) is 0 Å². The number of hydrogen-bond donors (Lipinski definition) is 1. The summed E-state index contributed by atoms with van der Waals surface area (Å²) in [5.41, 5.74) is 7.28. The minimum absolute atomic E-state index is 0.228. The lowest BCUT2D eigenvalue weighted by Gasteiger charge is -2.06. The molecule has 0 saturated carbocycles. The zero-order valence-electron chi connectivity index (χ0n) is 10.1. The number of benzene rings is 1. The quantitative estimate of drug-likeness (QED) is 0.646. The number of hydrogen-bond acceptors (Lipinski definition) is 5. The lowest BCUT2D eigenvalue weighted by molar-refractivity contribution is 0.831. The first-order valence-corrected chi connectivity index (χ1v) is 8.96. The third kappa shape index (κ3) is 2.87. The summed E-state index contributed by atoms with van der Waals surface area (Å²) in [6.07, 6.45) is 0. The Hall–Kier alpha value is -0.600. The average Bonchev–Trinajstić information content (AvgIpc) is 3.07. The van der Waals surface area contributed by atoms with Gasteiger partial charge in [-0.2, -0.15) is 0 Å². The smallest absolute Gasteiger partial charge is 0.157 e. The summed E-state index contributed by atoms with van der Waals surface area (Å²) in [5.74, 6) is 0. The lowest BCUT2D eigenvalue weighted by Crippen LogP contribution is -2.11. The molecule has 1 atom stereocenters. The first-order chi connectivity index (χ1) is 9.65. The van der Waals surface area contributed by atoms with Gasteiger partial charge in [0, 0.05) is 4.47 Å². The molecule has 7 heteroatoms. The molecule has 3 rings (SSSR count). The van der Waals surface area contributed by atoms with Crippen molar-refractivity contribution in [3.8, 4) is 9.88 Å². The molecule has 20 heavy (non-hydrogen) atoms. The highest BCUT2D eigenvalue weighted by Crippen LogP contribution is 2.39. The molecule has 0 saturated heterocycles. The summed E-state index contributed by atoms with van der Waals surface area (Å²) < 4.78 is 2.08. The van der Waals surface area contributed by atoms with Crippen molar-refractivity contribution in [3.63, 3.8) is 0 Å². The number of nitrogens with zero attached hydrogens (tertiary/aromatic N) is 2. The van der Waals surface area contributed by atoms with Crippen LogP contribution in [0.4, 0.5) is 0 Å². The number of aromatic nitrogens is 2. The minimum Gasteiger partial charge on any atom is -0.318 e. The van der Waals surface area contributed by atoms with Crippen molar-refractivity contribution in [3.05, 3.63) is 55.2 Å². The van der Waals surface area contributed by atoms with Gasteiger partial charge in [-0.25, -0.2) is 0 Å². The Morgan fingerprint density at radius 2 is 1.80 bits per heavy atom. The van der Waals surface area contributed by atoms with Gasteiger partial charge in [0.1, 0.15) is 5.01 Å². The Morgan fingerprint density at radius 1 is 1.05 bits per heavy atom. The van der Waals surface area contributed by atoms with E-state index < -0.39 is 0 Å². The fraction of sp³-hybridized carbons (Fsp3) is 0.0769. The second-order valence-electron chi connectivity index (χ2n) is 4.07. The van der Waals surface area contributed by atoms with Gasteiger partial charge in [0.25, 0.3) is 0 Å². The maximum atomic E-state index is 6.24. The van der Waals surface area contributed by atoms with Gasteiger partial charge in [0.05, 0.1) is 14.7 Å². The molecule has 1 unspecified atom stereocenters. The molecule has 0 aliphatic heterocycles. The monoisotopic (exact) mass is 429 g/mol. The predicted molar refractivity (Wildman–Crippen MR) is 91.1 cm³/mol. The van der Waals surface area contributed by atoms with Gasteiger partial charge >= 0.3 is 0 Å². The van der Waals surface area contributed by atoms with Crippen LogP contribution in [0.5, 0.6) is 0 Å². The van der Waals surface area contributed by atoms with E-state index in [2.05, 4.69) is 42.1 Å². The predicted octanol–water partition coefficient (Wildman–Crippen LogP) is 4.84. The lowest BCUT2D eigenvalue weighted by atomic mass is 10.1. The van der Waals surface area contributed by atoms with E-state index in [0.29, 0.717) is 0 Å². The molecule has 3 aromatic rings. The number of rotatable bonds is 3. The molecular formula is C13H9Br2N3S2. The third-order valence-corrected chi connectivity index (χ3v) is 7.15. The van der Waals surface area contributed by atoms with Crippen LogP contribution in [0.1, 0.15) is 16.6 Å². The molecule has 2 N–H and O–H groups in total. The van der Waals surface area contributed by atoms with Gasteiger partial charge in [-0.3, -0.25) is 0 Å². The Morgan fingerprint density at radius 3 is 2.45 bits per heavy atom. The molecule has 0 spiro atoms. The van der Waals surface area contributed by atoms with Crippen molar-refractivity contribution in [2.24, 2.45) is 5.73 Å². The minimum atomic E-state index is -0.228. The van der Waals surface area contributed by atoms with Crippen LogP contribution >= 0.6 is 54.5 Å². The number of nitrogens with two attached hydrogens (primary N) is 1. The maximum absolute atomic E-state index is 6.24. The number of thiophene rings is 1. The summed E-state index contributed by atoms with van der Waals surface area (Å²) in [7, 11) is 0. The fourth-order valence-corrected chi connectivity index (χ4v) is 4.66. The van der Waals surface area contributed by atoms with Gasteiger partial charge in [-0.15, -0.1) is 21.5 Å². The van der Waals surface area contributed by atoms with Crippen molar-refractivity contribution in [1.82, 2.24) is 10.2 Å². The van der Waals surface area contributed by atoms with Crippen LogP contribution in [0.3, 0.4) is 0 Å². The first kappa shape index (κ1) is 14.3. The van der Waals surface area contributed by atoms with E-state index in [1.807, 2.05) is 36.4 Å². The Labute approximate surface area is 141 Å². The molecule has 0 radical (unpaired) electrons. The van der Waals surface area contributed by atoms with Crippen molar-refractivity contribution in [1.29, 1.82) is 0 Å². The SMILES string of the molecule is NC(c1ccccc1)c1nnc(-c2cc(Br)c(Br)s2)s1. The van der Waals surface area contributed by atoms with E-state index in [-0.39, 0.29) is 6.04 Å². The third-order valence-electron chi connectivity index (χ3n) is 2.72. The van der Waals surface area contributed by atoms with Gasteiger partial charge in [0.15, 0.2) is 5.01 Å². The molecule has 1 aromatic carbocycles. The molecule has 3 nitrogen and oxygen atoms in total. The summed E-state index contributed by atoms with van der Waals surface area (Å²) >= 11 is 10.1. The summed E-state index contributed by atoms with van der Waals surface area (Å²) in [4.78, 5) is 1.08. The van der Waals surface area contributed by atoms with Crippen LogP contribution in [-0.2, 0) is 0 Å². The van der Waals surface area contributed by atoms with E-state index >= 15 is 0 Å². The topological polar surface area (TPSA) is 51.8 Å². The highest BCUT2D eigenvalue weighted by molar-refractivity contribution is 9.13. The van der Waals surface area contributed by atoms with Crippen molar-refractivity contribution < 1.29 is 0 Å². The van der Waals surface area contributed by atoms with Crippen molar-refractivity contribution in [2.75, 3.05) is 0 Å². The molecule has 2 heterocycles. The van der Waals surface area contributed by atoms with Crippen LogP contribution in [0, 0.1) is 0 Å². The van der Waals surface area contributed by atoms with Crippen molar-refractivity contribution >= 4 is 54.5 Å². The largest absolute Gasteiger partial charge is 0.318 e. The molecule has 0 fully saturated rings. The van der Waals surface area contributed by atoms with Gasteiger partial charge in [-0.1, -0.05) is 41.7 Å². The molecule has 0 amide bonds. The van der Waals surface area contributed by atoms with Crippen LogP contribution < -0.4 is 5.73 Å². The first-order valence-electron chi connectivity index (χ1n) is 5.74. The second kappa shape index (κ2) is 6.03. The Kier molecular flexibility index (Phi) is 4.32. The zero-order valence-corrected chi connectivity index (χ0v) is 14.9. The van der Waals surface area contributed by atoms with E-state index in [0.717, 1.165) is 28.7 Å². The zero-order chi connectivity index (χ0) is 14.1. The van der Waals surface area contributed by atoms with Crippen molar-refractivity contribution in [2.45, 2.75) is 6.04 Å². The van der Waals surface area contributed by atoms with E-state index in [9.17, 15) is 0 Å². The summed E-state index contributed by atoms with van der Waals surface area (Å²) in [6, 6.07) is 11.7. The molecule has 102 valence electrons. The van der Waals surface area contributed by atoms with Crippen LogP contribution in [-0.4, -0.2) is 10.2 Å². The van der Waals surface area contributed by atoms with E-state index in [1.54, 1.807) is 11.3 Å². The van der Waals surface area contributed by atoms with Crippen LogP contribution in [0.2, 0.25) is 0 Å². The molecule has 0 aliphatic carbocycles.